The van der Waals surface area contributed by atoms with Gasteiger partial charge in [0, 0.05) is 18.0 Å². The number of hydrogen-bond donors (Lipinski definition) is 2. The number of carbonyl (C=O) groups is 1. The van der Waals surface area contributed by atoms with E-state index in [1.54, 1.807) is 0 Å². The third-order valence-electron chi connectivity index (χ3n) is 5.34. The molecule has 0 aromatic heterocycles. The highest BCUT2D eigenvalue weighted by molar-refractivity contribution is 5.85. The molecule has 1 heterocycles. The fourth-order valence-electron chi connectivity index (χ4n) is 4.00. The molecule has 2 fully saturated rings. The van der Waals surface area contributed by atoms with E-state index in [4.69, 9.17) is 0 Å². The maximum absolute atomic E-state index is 12.5. The zero-order chi connectivity index (χ0) is 15.4. The maximum atomic E-state index is 12.5. The molecule has 3 rings (SSSR count). The second-order valence-corrected chi connectivity index (χ2v) is 7.04. The van der Waals surface area contributed by atoms with Gasteiger partial charge in [0.1, 0.15) is 0 Å². The molecule has 1 amide bonds. The molecule has 2 aliphatic rings. The summed E-state index contributed by atoms with van der Waals surface area (Å²) in [4.78, 5) is 12.5. The van der Waals surface area contributed by atoms with Crippen molar-refractivity contribution in [1.29, 1.82) is 0 Å². The Bertz CT molecular complexity index is 485. The Morgan fingerprint density at radius 2 is 1.78 bits per heavy atom. The summed E-state index contributed by atoms with van der Waals surface area (Å²) in [6.07, 6.45) is 6.48. The molecule has 128 valence electrons. The van der Waals surface area contributed by atoms with Crippen LogP contribution < -0.4 is 10.6 Å². The number of amides is 1. The summed E-state index contributed by atoms with van der Waals surface area (Å²) in [5.74, 6) is 1.17. The van der Waals surface area contributed by atoms with Gasteiger partial charge in [0.05, 0.1) is 0 Å². The van der Waals surface area contributed by atoms with Gasteiger partial charge in [0.15, 0.2) is 0 Å². The van der Waals surface area contributed by atoms with Crippen molar-refractivity contribution in [2.24, 2.45) is 5.92 Å². The minimum absolute atomic E-state index is 0. The number of benzene rings is 1. The van der Waals surface area contributed by atoms with Gasteiger partial charge < -0.3 is 10.6 Å². The van der Waals surface area contributed by atoms with Crippen LogP contribution in [0.4, 0.5) is 0 Å². The average molecular weight is 337 g/mol. The lowest BCUT2D eigenvalue weighted by Gasteiger charge is -2.32. The molecule has 0 radical (unpaired) electrons. The predicted octanol–water partition coefficient (Wildman–Crippen LogP) is 3.64. The van der Waals surface area contributed by atoms with Crippen molar-refractivity contribution in [3.63, 3.8) is 0 Å². The summed E-state index contributed by atoms with van der Waals surface area (Å²) in [5.41, 5.74) is 1.44. The first kappa shape index (κ1) is 18.3. The summed E-state index contributed by atoms with van der Waals surface area (Å²) >= 11 is 0. The van der Waals surface area contributed by atoms with Gasteiger partial charge in [-0.2, -0.15) is 0 Å². The lowest BCUT2D eigenvalue weighted by atomic mass is 9.78. The fraction of sp³-hybridized carbons (Fsp3) is 0.632. The summed E-state index contributed by atoms with van der Waals surface area (Å²) in [6, 6.07) is 11.6. The Labute approximate surface area is 146 Å². The first-order chi connectivity index (χ1) is 10.7. The van der Waals surface area contributed by atoms with Crippen LogP contribution in [0, 0.1) is 5.92 Å². The van der Waals surface area contributed by atoms with E-state index in [2.05, 4.69) is 47.9 Å². The Morgan fingerprint density at radius 3 is 2.43 bits per heavy atom. The molecule has 1 saturated heterocycles. The van der Waals surface area contributed by atoms with Crippen molar-refractivity contribution >= 4 is 18.3 Å². The lowest BCUT2D eigenvalue weighted by Crippen LogP contribution is -2.48. The molecule has 3 nitrogen and oxygen atoms in total. The number of halogens is 1. The van der Waals surface area contributed by atoms with Gasteiger partial charge in [0.2, 0.25) is 5.91 Å². The third-order valence-corrected chi connectivity index (χ3v) is 5.34. The first-order valence-corrected chi connectivity index (χ1v) is 8.81. The van der Waals surface area contributed by atoms with Crippen molar-refractivity contribution in [1.82, 2.24) is 10.6 Å². The van der Waals surface area contributed by atoms with Gasteiger partial charge in [-0.1, -0.05) is 30.3 Å². The molecule has 0 bridgehead atoms. The van der Waals surface area contributed by atoms with Crippen LogP contribution in [0.15, 0.2) is 30.3 Å². The van der Waals surface area contributed by atoms with Gasteiger partial charge in [-0.3, -0.25) is 4.79 Å². The van der Waals surface area contributed by atoms with E-state index in [9.17, 15) is 4.79 Å². The number of nitrogens with one attached hydrogen (secondary N) is 2. The molecule has 2 atom stereocenters. The standard InChI is InChI=1S/C19H28N2O.ClH/c1-14-13-18(11-12-20-14)21-19(22)17-9-7-16(8-10-17)15-5-3-2-4-6-15;/h2-6,14,16-18,20H,7-13H2,1H3,(H,21,22);1H. The largest absolute Gasteiger partial charge is 0.353 e. The van der Waals surface area contributed by atoms with Crippen LogP contribution in [-0.4, -0.2) is 24.5 Å². The van der Waals surface area contributed by atoms with Crippen LogP contribution in [0.1, 0.15) is 56.9 Å². The van der Waals surface area contributed by atoms with E-state index >= 15 is 0 Å². The Morgan fingerprint density at radius 1 is 1.09 bits per heavy atom. The van der Waals surface area contributed by atoms with Crippen LogP contribution in [-0.2, 0) is 4.79 Å². The highest BCUT2D eigenvalue weighted by Crippen LogP contribution is 2.35. The number of carbonyl (C=O) groups excluding carboxylic acids is 1. The fourth-order valence-corrected chi connectivity index (χ4v) is 4.00. The molecule has 23 heavy (non-hydrogen) atoms. The topological polar surface area (TPSA) is 41.1 Å². The van der Waals surface area contributed by atoms with Crippen LogP contribution in [0.5, 0.6) is 0 Å². The predicted molar refractivity (Wildman–Crippen MR) is 97.0 cm³/mol. The van der Waals surface area contributed by atoms with Crippen LogP contribution in [0.3, 0.4) is 0 Å². The second kappa shape index (κ2) is 8.70. The third kappa shape index (κ3) is 4.95. The second-order valence-electron chi connectivity index (χ2n) is 7.04. The first-order valence-electron chi connectivity index (χ1n) is 8.81. The molecule has 2 unspecified atom stereocenters. The van der Waals surface area contributed by atoms with Gasteiger partial charge in [-0.15, -0.1) is 12.4 Å². The molecule has 4 heteroatoms. The molecule has 1 aromatic rings. The Balaban J connectivity index is 0.00000192. The van der Waals surface area contributed by atoms with Gasteiger partial charge in [-0.05, 0) is 63.5 Å². The summed E-state index contributed by atoms with van der Waals surface area (Å²) in [7, 11) is 0. The minimum atomic E-state index is 0. The summed E-state index contributed by atoms with van der Waals surface area (Å²) < 4.78 is 0. The van der Waals surface area contributed by atoms with Gasteiger partial charge >= 0.3 is 0 Å². The van der Waals surface area contributed by atoms with E-state index < -0.39 is 0 Å². The Hall–Kier alpha value is -1.06. The number of rotatable bonds is 3. The zero-order valence-corrected chi connectivity index (χ0v) is 14.8. The lowest BCUT2D eigenvalue weighted by molar-refractivity contribution is -0.127. The average Bonchev–Trinajstić information content (AvgIpc) is 2.56. The van der Waals surface area contributed by atoms with E-state index in [1.807, 2.05) is 0 Å². The summed E-state index contributed by atoms with van der Waals surface area (Å²) in [5, 5.41) is 6.73. The Kier molecular flexibility index (Phi) is 6.91. The van der Waals surface area contributed by atoms with Crippen molar-refractivity contribution in [3.8, 4) is 0 Å². The van der Waals surface area contributed by atoms with Crippen LogP contribution >= 0.6 is 12.4 Å². The molecule has 0 spiro atoms. The van der Waals surface area contributed by atoms with Crippen LogP contribution in [0.2, 0.25) is 0 Å². The molecule has 2 N–H and O–H groups in total. The van der Waals surface area contributed by atoms with Crippen molar-refractivity contribution in [2.45, 2.75) is 63.5 Å². The monoisotopic (exact) mass is 336 g/mol. The molecule has 1 aliphatic heterocycles. The minimum Gasteiger partial charge on any atom is -0.353 e. The molecule has 1 saturated carbocycles. The van der Waals surface area contributed by atoms with Crippen molar-refractivity contribution in [3.05, 3.63) is 35.9 Å². The highest BCUT2D eigenvalue weighted by Gasteiger charge is 2.29. The van der Waals surface area contributed by atoms with E-state index in [0.717, 1.165) is 45.1 Å². The van der Waals surface area contributed by atoms with Gasteiger partial charge in [-0.25, -0.2) is 0 Å². The quantitative estimate of drug-likeness (QED) is 0.884. The van der Waals surface area contributed by atoms with E-state index in [1.165, 1.54) is 5.56 Å². The normalized spacial score (nSPS) is 31.0. The maximum Gasteiger partial charge on any atom is 0.223 e. The van der Waals surface area contributed by atoms with E-state index in [0.29, 0.717) is 23.9 Å². The molecule has 1 aliphatic carbocycles. The van der Waals surface area contributed by atoms with Crippen molar-refractivity contribution in [2.75, 3.05) is 6.54 Å². The molecular formula is C19H29ClN2O. The van der Waals surface area contributed by atoms with Gasteiger partial charge in [0.25, 0.3) is 0 Å². The SMILES string of the molecule is CC1CC(NC(=O)C2CCC(c3ccccc3)CC2)CCN1.Cl. The zero-order valence-electron chi connectivity index (χ0n) is 14.0. The molecule has 1 aromatic carbocycles. The smallest absolute Gasteiger partial charge is 0.223 e. The number of hydrogen-bond acceptors (Lipinski definition) is 2. The van der Waals surface area contributed by atoms with Crippen molar-refractivity contribution < 1.29 is 4.79 Å². The summed E-state index contributed by atoms with van der Waals surface area (Å²) in [6.45, 7) is 3.22. The van der Waals surface area contributed by atoms with Crippen LogP contribution in [0.25, 0.3) is 0 Å². The highest BCUT2D eigenvalue weighted by atomic mass is 35.5. The number of piperidine rings is 1. The molecular weight excluding hydrogens is 308 g/mol. The van der Waals surface area contributed by atoms with E-state index in [-0.39, 0.29) is 18.3 Å².